The summed E-state index contributed by atoms with van der Waals surface area (Å²) in [6.45, 7) is 2.37. The van der Waals surface area contributed by atoms with Crippen LogP contribution in [-0.4, -0.2) is 33.6 Å². The molecule has 100 valence electrons. The predicted molar refractivity (Wildman–Crippen MR) is 83.1 cm³/mol. The van der Waals surface area contributed by atoms with Gasteiger partial charge in [0.05, 0.1) is 17.1 Å². The van der Waals surface area contributed by atoms with Crippen LogP contribution >= 0.6 is 28.1 Å². The van der Waals surface area contributed by atoms with Crippen molar-refractivity contribution in [2.45, 2.75) is 31.3 Å². The number of halogens is 1. The fourth-order valence-corrected chi connectivity index (χ4v) is 3.91. The minimum atomic E-state index is 0.524. The van der Waals surface area contributed by atoms with Crippen LogP contribution in [0.1, 0.15) is 25.3 Å². The number of hydrogen-bond acceptors (Lipinski definition) is 2. The monoisotopic (exact) mass is 337 g/mol. The molecule has 2 fully saturated rings. The lowest BCUT2D eigenvalue weighted by Gasteiger charge is -2.16. The normalized spacial score (nSPS) is 24.4. The Bertz CT molecular complexity index is 686. The van der Waals surface area contributed by atoms with Gasteiger partial charge < -0.3 is 9.55 Å². The van der Waals surface area contributed by atoms with Gasteiger partial charge in [0.1, 0.15) is 0 Å². The lowest BCUT2D eigenvalue weighted by Crippen LogP contribution is -2.23. The number of nitrogens with one attached hydrogen (secondary N) is 1. The molecule has 2 aromatic rings. The number of hydrogen-bond donors (Lipinski definition) is 1. The van der Waals surface area contributed by atoms with Gasteiger partial charge in [-0.25, -0.2) is 0 Å². The van der Waals surface area contributed by atoms with Crippen LogP contribution in [-0.2, 0) is 0 Å². The Kier molecular flexibility index (Phi) is 2.83. The van der Waals surface area contributed by atoms with Crippen molar-refractivity contribution in [3.63, 3.8) is 0 Å². The predicted octanol–water partition coefficient (Wildman–Crippen LogP) is 3.87. The molecule has 3 nitrogen and oxygen atoms in total. The van der Waals surface area contributed by atoms with E-state index >= 15 is 0 Å². The van der Waals surface area contributed by atoms with E-state index in [0.717, 1.165) is 27.3 Å². The molecular formula is C14H16BrN3S. The molecule has 1 unspecified atom stereocenters. The topological polar surface area (TPSA) is 24.0 Å². The van der Waals surface area contributed by atoms with Crippen molar-refractivity contribution in [1.29, 1.82) is 0 Å². The van der Waals surface area contributed by atoms with Crippen LogP contribution in [0, 0.1) is 4.77 Å². The maximum Gasteiger partial charge on any atom is 0.178 e. The third kappa shape index (κ3) is 2.08. The summed E-state index contributed by atoms with van der Waals surface area (Å²) in [4.78, 5) is 5.96. The molecule has 1 saturated carbocycles. The zero-order chi connectivity index (χ0) is 13.0. The van der Waals surface area contributed by atoms with E-state index in [9.17, 15) is 0 Å². The van der Waals surface area contributed by atoms with E-state index in [1.807, 2.05) is 0 Å². The Morgan fingerprint density at radius 2 is 2.05 bits per heavy atom. The second-order valence-corrected chi connectivity index (χ2v) is 6.93. The van der Waals surface area contributed by atoms with Gasteiger partial charge in [-0.1, -0.05) is 15.9 Å². The summed E-state index contributed by atoms with van der Waals surface area (Å²) < 4.78 is 4.29. The van der Waals surface area contributed by atoms with E-state index in [-0.39, 0.29) is 0 Å². The lowest BCUT2D eigenvalue weighted by atomic mass is 10.2. The van der Waals surface area contributed by atoms with Gasteiger partial charge in [0.25, 0.3) is 0 Å². The van der Waals surface area contributed by atoms with Crippen LogP contribution in [0.3, 0.4) is 0 Å². The third-order valence-corrected chi connectivity index (χ3v) is 5.09. The summed E-state index contributed by atoms with van der Waals surface area (Å²) in [5, 5.41) is 0. The molecule has 1 aromatic carbocycles. The summed E-state index contributed by atoms with van der Waals surface area (Å²) in [5.41, 5.74) is 2.36. The summed E-state index contributed by atoms with van der Waals surface area (Å²) >= 11 is 9.08. The summed E-state index contributed by atoms with van der Waals surface area (Å²) in [7, 11) is 0. The molecule has 1 aromatic heterocycles. The first kappa shape index (κ1) is 12.1. The zero-order valence-electron chi connectivity index (χ0n) is 10.6. The first-order chi connectivity index (χ1) is 9.22. The number of H-pyrrole nitrogens is 1. The van der Waals surface area contributed by atoms with Crippen molar-refractivity contribution in [1.82, 2.24) is 14.5 Å². The van der Waals surface area contributed by atoms with Crippen LogP contribution in [0.4, 0.5) is 0 Å². The van der Waals surface area contributed by atoms with Crippen LogP contribution < -0.4 is 0 Å². The molecule has 1 aliphatic heterocycles. The van der Waals surface area contributed by atoms with E-state index in [2.05, 4.69) is 48.6 Å². The standard InChI is InChI=1S/C14H16BrN3S/c15-9-1-4-12-13(7-9)18(14(19)16-12)11-5-6-17(8-11)10-2-3-10/h1,4,7,10-11H,2-3,5-6,8H2,(H,16,19). The van der Waals surface area contributed by atoms with Crippen molar-refractivity contribution in [3.05, 3.63) is 27.4 Å². The second-order valence-electron chi connectivity index (χ2n) is 5.63. The Morgan fingerprint density at radius 3 is 2.84 bits per heavy atom. The van der Waals surface area contributed by atoms with Gasteiger partial charge >= 0.3 is 0 Å². The van der Waals surface area contributed by atoms with Crippen LogP contribution in [0.5, 0.6) is 0 Å². The van der Waals surface area contributed by atoms with Crippen molar-refractivity contribution in [2.75, 3.05) is 13.1 Å². The van der Waals surface area contributed by atoms with Gasteiger partial charge in [-0.3, -0.25) is 4.90 Å². The molecule has 1 aliphatic carbocycles. The molecule has 19 heavy (non-hydrogen) atoms. The van der Waals surface area contributed by atoms with Crippen molar-refractivity contribution in [3.8, 4) is 0 Å². The molecule has 0 spiro atoms. The van der Waals surface area contributed by atoms with Gasteiger partial charge in [0.15, 0.2) is 4.77 Å². The van der Waals surface area contributed by atoms with E-state index in [1.165, 1.54) is 31.3 Å². The van der Waals surface area contributed by atoms with Crippen LogP contribution in [0.15, 0.2) is 22.7 Å². The third-order valence-electron chi connectivity index (χ3n) is 4.30. The minimum Gasteiger partial charge on any atom is -0.331 e. The molecular weight excluding hydrogens is 322 g/mol. The lowest BCUT2D eigenvalue weighted by molar-refractivity contribution is 0.314. The van der Waals surface area contributed by atoms with Gasteiger partial charge in [0.2, 0.25) is 0 Å². The number of imidazole rings is 1. The number of rotatable bonds is 2. The average Bonchev–Trinajstić information content (AvgIpc) is 3.03. The van der Waals surface area contributed by atoms with E-state index < -0.39 is 0 Å². The summed E-state index contributed by atoms with van der Waals surface area (Å²) in [5.74, 6) is 0. The number of benzene rings is 1. The number of likely N-dealkylation sites (tertiary alicyclic amines) is 1. The number of fused-ring (bicyclic) bond motifs is 1. The molecule has 2 heterocycles. The SMILES string of the molecule is S=c1[nH]c2ccc(Br)cc2n1C1CCN(C2CC2)C1. The molecule has 4 rings (SSSR count). The second kappa shape index (κ2) is 4.43. The number of aromatic amines is 1. The maximum atomic E-state index is 5.53. The fourth-order valence-electron chi connectivity index (χ4n) is 3.21. The zero-order valence-corrected chi connectivity index (χ0v) is 13.0. The highest BCUT2D eigenvalue weighted by Gasteiger charge is 2.35. The highest BCUT2D eigenvalue weighted by atomic mass is 79.9. The van der Waals surface area contributed by atoms with Gasteiger partial charge in [-0.2, -0.15) is 0 Å². The average molecular weight is 338 g/mol. The van der Waals surface area contributed by atoms with Crippen LogP contribution in [0.25, 0.3) is 11.0 Å². The highest BCUT2D eigenvalue weighted by Crippen LogP contribution is 2.35. The highest BCUT2D eigenvalue weighted by molar-refractivity contribution is 9.10. The first-order valence-electron chi connectivity index (χ1n) is 6.86. The number of nitrogens with zero attached hydrogens (tertiary/aromatic N) is 2. The fraction of sp³-hybridized carbons (Fsp3) is 0.500. The molecule has 0 radical (unpaired) electrons. The minimum absolute atomic E-state index is 0.524. The number of aromatic nitrogens is 2. The van der Waals surface area contributed by atoms with E-state index in [4.69, 9.17) is 12.2 Å². The van der Waals surface area contributed by atoms with Crippen molar-refractivity contribution >= 4 is 39.2 Å². The Morgan fingerprint density at radius 1 is 1.21 bits per heavy atom. The van der Waals surface area contributed by atoms with Gasteiger partial charge in [-0.15, -0.1) is 0 Å². The first-order valence-corrected chi connectivity index (χ1v) is 8.06. The Balaban J connectivity index is 1.75. The maximum absolute atomic E-state index is 5.53. The smallest absolute Gasteiger partial charge is 0.178 e. The Labute approximate surface area is 125 Å². The van der Waals surface area contributed by atoms with Crippen LogP contribution in [0.2, 0.25) is 0 Å². The largest absolute Gasteiger partial charge is 0.331 e. The summed E-state index contributed by atoms with van der Waals surface area (Å²) in [6.07, 6.45) is 3.99. The Hall–Kier alpha value is -0.650. The molecule has 5 heteroatoms. The quantitative estimate of drug-likeness (QED) is 0.841. The van der Waals surface area contributed by atoms with E-state index in [1.54, 1.807) is 0 Å². The van der Waals surface area contributed by atoms with E-state index in [0.29, 0.717) is 6.04 Å². The molecule has 0 amide bonds. The molecule has 1 atom stereocenters. The van der Waals surface area contributed by atoms with Gasteiger partial charge in [-0.05, 0) is 49.7 Å². The summed E-state index contributed by atoms with van der Waals surface area (Å²) in [6, 6.07) is 7.70. The molecule has 0 bridgehead atoms. The van der Waals surface area contributed by atoms with Gasteiger partial charge in [0, 0.05) is 23.6 Å². The van der Waals surface area contributed by atoms with Crippen molar-refractivity contribution < 1.29 is 0 Å². The molecule has 1 saturated heterocycles. The molecule has 2 aliphatic rings. The molecule has 1 N–H and O–H groups in total. The van der Waals surface area contributed by atoms with Crippen molar-refractivity contribution in [2.24, 2.45) is 0 Å².